The fourth-order valence-electron chi connectivity index (χ4n) is 5.33. The van der Waals surface area contributed by atoms with Gasteiger partial charge in [0.2, 0.25) is 0 Å². The lowest BCUT2D eigenvalue weighted by atomic mass is 10.1. The third-order valence-corrected chi connectivity index (χ3v) is 7.79. The molecule has 1 atom stereocenters. The second kappa shape index (κ2) is 14.0. The van der Waals surface area contributed by atoms with Crippen LogP contribution in [0.3, 0.4) is 0 Å². The zero-order valence-corrected chi connectivity index (χ0v) is 26.2. The van der Waals surface area contributed by atoms with Crippen molar-refractivity contribution in [1.29, 1.82) is 0 Å². The SMILES string of the molecule is CCOc1ccc(-n2c(C(C)N(CCc3ccc(OC)c(OC)c3)C(=O)Nc3ccccc3C)nc3ccccc3c2=O)cc1. The third-order valence-electron chi connectivity index (χ3n) is 7.79. The van der Waals surface area contributed by atoms with Crippen molar-refractivity contribution in [3.63, 3.8) is 0 Å². The number of benzene rings is 4. The van der Waals surface area contributed by atoms with Gasteiger partial charge in [-0.3, -0.25) is 9.36 Å². The Morgan fingerprint density at radius 2 is 1.64 bits per heavy atom. The number of para-hydroxylation sites is 2. The summed E-state index contributed by atoms with van der Waals surface area (Å²) in [5.74, 6) is 2.38. The molecule has 0 aliphatic carbocycles. The van der Waals surface area contributed by atoms with E-state index in [9.17, 15) is 9.59 Å². The highest BCUT2D eigenvalue weighted by atomic mass is 16.5. The monoisotopic (exact) mass is 606 g/mol. The second-order valence-electron chi connectivity index (χ2n) is 10.6. The van der Waals surface area contributed by atoms with Crippen molar-refractivity contribution in [3.8, 4) is 22.9 Å². The average molecular weight is 607 g/mol. The zero-order valence-electron chi connectivity index (χ0n) is 26.2. The Balaban J connectivity index is 1.59. The molecule has 0 saturated carbocycles. The van der Waals surface area contributed by atoms with Crippen LogP contribution < -0.4 is 25.1 Å². The van der Waals surface area contributed by atoms with Gasteiger partial charge in [-0.15, -0.1) is 0 Å². The number of nitrogens with one attached hydrogen (secondary N) is 1. The molecule has 0 bridgehead atoms. The van der Waals surface area contributed by atoms with E-state index in [4.69, 9.17) is 19.2 Å². The Labute approximate surface area is 263 Å². The van der Waals surface area contributed by atoms with Gasteiger partial charge >= 0.3 is 6.03 Å². The zero-order chi connectivity index (χ0) is 31.9. The maximum Gasteiger partial charge on any atom is 0.322 e. The normalized spacial score (nSPS) is 11.6. The number of fused-ring (bicyclic) bond motifs is 1. The summed E-state index contributed by atoms with van der Waals surface area (Å²) in [6, 6.07) is 27.0. The van der Waals surface area contributed by atoms with Crippen molar-refractivity contribution >= 4 is 22.6 Å². The van der Waals surface area contributed by atoms with Gasteiger partial charge in [-0.1, -0.05) is 36.4 Å². The molecule has 0 fully saturated rings. The van der Waals surface area contributed by atoms with Gasteiger partial charge in [-0.2, -0.15) is 0 Å². The molecule has 2 amide bonds. The summed E-state index contributed by atoms with van der Waals surface area (Å²) in [7, 11) is 3.19. The lowest BCUT2D eigenvalue weighted by Crippen LogP contribution is -2.41. The van der Waals surface area contributed by atoms with Gasteiger partial charge in [0.05, 0.1) is 43.5 Å². The minimum Gasteiger partial charge on any atom is -0.494 e. The molecule has 0 radical (unpaired) electrons. The van der Waals surface area contributed by atoms with Gasteiger partial charge in [-0.05, 0) is 92.9 Å². The number of aromatic nitrogens is 2. The first-order valence-corrected chi connectivity index (χ1v) is 14.9. The molecule has 4 aromatic carbocycles. The van der Waals surface area contributed by atoms with Crippen molar-refractivity contribution in [2.45, 2.75) is 33.2 Å². The van der Waals surface area contributed by atoms with Crippen LogP contribution >= 0.6 is 0 Å². The first-order valence-electron chi connectivity index (χ1n) is 14.9. The molecule has 9 nitrogen and oxygen atoms in total. The van der Waals surface area contributed by atoms with Crippen LogP contribution in [0.1, 0.15) is 36.8 Å². The largest absolute Gasteiger partial charge is 0.494 e. The maximum absolute atomic E-state index is 14.1. The van der Waals surface area contributed by atoms with Gasteiger partial charge in [0.15, 0.2) is 11.5 Å². The maximum atomic E-state index is 14.1. The fraction of sp³-hybridized carbons (Fsp3) is 0.250. The summed E-state index contributed by atoms with van der Waals surface area (Å²) in [5.41, 5.74) is 3.58. The lowest BCUT2D eigenvalue weighted by molar-refractivity contribution is 0.190. The number of ether oxygens (including phenoxy) is 3. The number of amides is 2. The lowest BCUT2D eigenvalue weighted by Gasteiger charge is -2.31. The molecule has 5 aromatic rings. The van der Waals surface area contributed by atoms with Gasteiger partial charge in [0.1, 0.15) is 11.6 Å². The summed E-state index contributed by atoms with van der Waals surface area (Å²) in [5, 5.41) is 3.57. The van der Waals surface area contributed by atoms with Crippen molar-refractivity contribution < 1.29 is 19.0 Å². The Bertz CT molecular complexity index is 1850. The molecule has 0 aliphatic rings. The van der Waals surface area contributed by atoms with E-state index in [1.54, 1.807) is 29.8 Å². The Morgan fingerprint density at radius 1 is 0.933 bits per heavy atom. The Kier molecular flexibility index (Phi) is 9.67. The molecule has 5 rings (SSSR count). The molecule has 0 saturated heterocycles. The quantitative estimate of drug-likeness (QED) is 0.175. The highest BCUT2D eigenvalue weighted by Crippen LogP contribution is 2.29. The predicted octanol–water partition coefficient (Wildman–Crippen LogP) is 6.95. The van der Waals surface area contributed by atoms with Crippen LogP contribution in [0, 0.1) is 6.92 Å². The molecule has 1 unspecified atom stereocenters. The van der Waals surface area contributed by atoms with E-state index in [0.29, 0.717) is 64.9 Å². The predicted molar refractivity (Wildman–Crippen MR) is 177 cm³/mol. The van der Waals surface area contributed by atoms with Crippen molar-refractivity contribution in [2.24, 2.45) is 0 Å². The van der Waals surface area contributed by atoms with E-state index in [2.05, 4.69) is 5.32 Å². The molecular weight excluding hydrogens is 568 g/mol. The van der Waals surface area contributed by atoms with Crippen LogP contribution in [0.15, 0.2) is 95.8 Å². The summed E-state index contributed by atoms with van der Waals surface area (Å²) >= 11 is 0. The second-order valence-corrected chi connectivity index (χ2v) is 10.6. The molecule has 1 N–H and O–H groups in total. The van der Waals surface area contributed by atoms with Crippen LogP contribution in [-0.2, 0) is 6.42 Å². The molecule has 9 heteroatoms. The number of hydrogen-bond acceptors (Lipinski definition) is 6. The number of carbonyl (C=O) groups excluding carboxylic acids is 1. The first kappa shape index (κ1) is 31.1. The summed E-state index contributed by atoms with van der Waals surface area (Å²) in [6.45, 7) is 6.63. The van der Waals surface area contributed by atoms with E-state index in [1.165, 1.54) is 0 Å². The first-order chi connectivity index (χ1) is 21.8. The van der Waals surface area contributed by atoms with E-state index >= 15 is 0 Å². The number of anilines is 1. The van der Waals surface area contributed by atoms with Crippen LogP contribution in [0.2, 0.25) is 0 Å². The van der Waals surface area contributed by atoms with Crippen LogP contribution in [0.5, 0.6) is 17.2 Å². The van der Waals surface area contributed by atoms with Crippen LogP contribution in [0.4, 0.5) is 10.5 Å². The van der Waals surface area contributed by atoms with Crippen molar-refractivity contribution in [3.05, 3.63) is 118 Å². The highest BCUT2D eigenvalue weighted by molar-refractivity contribution is 5.90. The number of nitrogens with zero attached hydrogens (tertiary/aromatic N) is 3. The summed E-state index contributed by atoms with van der Waals surface area (Å²) in [6.07, 6.45) is 0.521. The number of hydrogen-bond donors (Lipinski definition) is 1. The van der Waals surface area contributed by atoms with Gasteiger partial charge in [0.25, 0.3) is 5.56 Å². The van der Waals surface area contributed by atoms with Crippen molar-refractivity contribution in [1.82, 2.24) is 14.5 Å². The molecule has 232 valence electrons. The standard InChI is InChI=1S/C36H38N4O5/c1-6-45-28-18-16-27(17-19-28)40-34(37-31-14-10-8-12-29(31)35(40)41)25(3)39(36(42)38-30-13-9-7-11-24(30)2)22-21-26-15-20-32(43-4)33(23-26)44-5/h7-20,23,25H,6,21-22H2,1-5H3,(H,38,42). The molecular formula is C36H38N4O5. The number of aryl methyl sites for hydroxylation is 1. The topological polar surface area (TPSA) is 94.9 Å². The number of methoxy groups -OCH3 is 2. The highest BCUT2D eigenvalue weighted by Gasteiger charge is 2.27. The summed E-state index contributed by atoms with van der Waals surface area (Å²) in [4.78, 5) is 34.8. The van der Waals surface area contributed by atoms with Gasteiger partial charge in [-0.25, -0.2) is 9.78 Å². The smallest absolute Gasteiger partial charge is 0.322 e. The van der Waals surface area contributed by atoms with Crippen molar-refractivity contribution in [2.75, 3.05) is 32.7 Å². The molecule has 1 heterocycles. The van der Waals surface area contributed by atoms with Crippen LogP contribution in [-0.4, -0.2) is 47.9 Å². The minimum absolute atomic E-state index is 0.217. The molecule has 1 aromatic heterocycles. The molecule has 45 heavy (non-hydrogen) atoms. The molecule has 0 aliphatic heterocycles. The van der Waals surface area contributed by atoms with E-state index in [-0.39, 0.29) is 11.6 Å². The summed E-state index contributed by atoms with van der Waals surface area (Å²) < 4.78 is 18.1. The average Bonchev–Trinajstić information content (AvgIpc) is 3.06. The third kappa shape index (κ3) is 6.77. The number of carbonyl (C=O) groups is 1. The van der Waals surface area contributed by atoms with Gasteiger partial charge in [0, 0.05) is 12.2 Å². The van der Waals surface area contributed by atoms with Gasteiger partial charge < -0.3 is 24.4 Å². The minimum atomic E-state index is -0.599. The van der Waals surface area contributed by atoms with E-state index < -0.39 is 6.04 Å². The Hall–Kier alpha value is -5.31. The number of rotatable bonds is 11. The molecule has 0 spiro atoms. The van der Waals surface area contributed by atoms with Crippen LogP contribution in [0.25, 0.3) is 16.6 Å². The number of urea groups is 1. The Morgan fingerprint density at radius 3 is 2.36 bits per heavy atom. The van der Waals surface area contributed by atoms with E-state index in [0.717, 1.165) is 11.1 Å². The van der Waals surface area contributed by atoms with E-state index in [1.807, 2.05) is 106 Å². The fourth-order valence-corrected chi connectivity index (χ4v) is 5.33.